The van der Waals surface area contributed by atoms with Crippen LogP contribution in [0.2, 0.25) is 0 Å². The number of carboxylic acids is 1. The fourth-order valence-electron chi connectivity index (χ4n) is 5.33. The second-order valence-electron chi connectivity index (χ2n) is 10.5. The maximum absolute atomic E-state index is 13.2. The van der Waals surface area contributed by atoms with Gasteiger partial charge in [-0.3, -0.25) is 19.0 Å². The smallest absolute Gasteiger partial charge is 0.341 e. The fraction of sp³-hybridized carbons (Fsp3) is 0.393. The number of ether oxygens (including phenoxy) is 1. The SMILES string of the molecule is Cc1cc(N2CC(C(=O)CCC3CCCCO3)C2)nc2c1c(=O)c(C(=O)O)cn2-c1nc(-c2ccc(=O)[nH]c2)ns1. The Morgan fingerprint density at radius 2 is 2.02 bits per heavy atom. The van der Waals surface area contributed by atoms with Gasteiger partial charge in [0.1, 0.15) is 17.2 Å². The van der Waals surface area contributed by atoms with E-state index >= 15 is 0 Å². The third kappa shape index (κ3) is 5.30. The Kier molecular flexibility index (Phi) is 7.22. The number of nitrogens with one attached hydrogen (secondary N) is 1. The Morgan fingerprint density at radius 1 is 1.20 bits per heavy atom. The number of aryl methyl sites for hydroxylation is 1. The summed E-state index contributed by atoms with van der Waals surface area (Å²) in [7, 11) is 0. The number of carboxylic acid groups (broad SMARTS) is 1. The van der Waals surface area contributed by atoms with Crippen LogP contribution in [0.5, 0.6) is 0 Å². The van der Waals surface area contributed by atoms with Crippen molar-refractivity contribution in [2.75, 3.05) is 24.6 Å². The van der Waals surface area contributed by atoms with Crippen molar-refractivity contribution in [1.29, 1.82) is 0 Å². The molecule has 4 aromatic heterocycles. The maximum Gasteiger partial charge on any atom is 0.341 e. The van der Waals surface area contributed by atoms with Gasteiger partial charge in [0.05, 0.1) is 17.4 Å². The topological polar surface area (TPSA) is 160 Å². The average Bonchev–Trinajstić information content (AvgIpc) is 3.42. The van der Waals surface area contributed by atoms with Crippen LogP contribution in [0.3, 0.4) is 0 Å². The van der Waals surface area contributed by atoms with Crippen molar-refractivity contribution >= 4 is 40.1 Å². The van der Waals surface area contributed by atoms with Crippen molar-refractivity contribution < 1.29 is 19.4 Å². The van der Waals surface area contributed by atoms with Crippen LogP contribution in [0.1, 0.15) is 48.0 Å². The zero-order valence-electron chi connectivity index (χ0n) is 22.3. The van der Waals surface area contributed by atoms with Gasteiger partial charge in [-0.2, -0.15) is 9.36 Å². The number of ketones is 1. The Bertz CT molecular complexity index is 1750. The van der Waals surface area contributed by atoms with Gasteiger partial charge in [-0.05, 0) is 50.3 Å². The molecule has 0 radical (unpaired) electrons. The number of aromatic amines is 1. The van der Waals surface area contributed by atoms with Crippen LogP contribution < -0.4 is 15.9 Å². The minimum absolute atomic E-state index is 0.0870. The van der Waals surface area contributed by atoms with E-state index in [1.54, 1.807) is 19.1 Å². The molecule has 6 heterocycles. The molecule has 0 spiro atoms. The number of Topliss-reactive ketones (excluding diaryl/α,β-unsaturated/α-hetero) is 1. The number of nitrogens with zero attached hydrogens (tertiary/aromatic N) is 5. The first-order valence-corrected chi connectivity index (χ1v) is 14.3. The highest BCUT2D eigenvalue weighted by atomic mass is 32.1. The van der Waals surface area contributed by atoms with Gasteiger partial charge in [0.2, 0.25) is 16.1 Å². The second kappa shape index (κ2) is 11.0. The van der Waals surface area contributed by atoms with Crippen molar-refractivity contribution in [2.45, 2.75) is 45.1 Å². The lowest BCUT2D eigenvalue weighted by molar-refractivity contribution is -0.124. The van der Waals surface area contributed by atoms with Crippen molar-refractivity contribution in [3.8, 4) is 16.5 Å². The van der Waals surface area contributed by atoms with Crippen LogP contribution >= 0.6 is 11.5 Å². The van der Waals surface area contributed by atoms with Gasteiger partial charge in [0, 0.05) is 61.7 Å². The van der Waals surface area contributed by atoms with E-state index < -0.39 is 17.0 Å². The maximum atomic E-state index is 13.2. The van der Waals surface area contributed by atoms with E-state index in [0.29, 0.717) is 47.4 Å². The zero-order chi connectivity index (χ0) is 28.7. The lowest BCUT2D eigenvalue weighted by atomic mass is 9.90. The summed E-state index contributed by atoms with van der Waals surface area (Å²) in [5.41, 5.74) is 0.0961. The Balaban J connectivity index is 1.30. The molecule has 0 saturated carbocycles. The van der Waals surface area contributed by atoms with Crippen molar-refractivity contribution in [2.24, 2.45) is 5.92 Å². The quantitative estimate of drug-likeness (QED) is 0.319. The standard InChI is InChI=1S/C28H28N6O6S/c1-15-10-21(33-12-17(13-33)20(35)7-6-18-4-2-3-9-40-18)30-26-23(15)24(37)19(27(38)39)14-34(26)28-31-25(32-41-28)16-5-8-22(36)29-11-16/h5,8,10-11,14,17-18H,2-4,6-7,9,12-13H2,1H3,(H,29,36)(H,38,39). The van der Waals surface area contributed by atoms with Crippen LogP contribution in [-0.4, -0.2) is 66.6 Å². The average molecular weight is 577 g/mol. The van der Waals surface area contributed by atoms with Crippen LogP contribution in [0, 0.1) is 12.8 Å². The highest BCUT2D eigenvalue weighted by Crippen LogP contribution is 2.30. The summed E-state index contributed by atoms with van der Waals surface area (Å²) in [5.74, 6) is -0.297. The van der Waals surface area contributed by atoms with E-state index in [-0.39, 0.29) is 34.4 Å². The Hall–Kier alpha value is -4.23. The molecule has 1 atom stereocenters. The molecule has 0 aromatic carbocycles. The number of carbonyl (C=O) groups excluding carboxylic acids is 1. The first-order valence-electron chi connectivity index (χ1n) is 13.5. The lowest BCUT2D eigenvalue weighted by Gasteiger charge is -2.39. The number of anilines is 1. The number of pyridine rings is 3. The molecule has 2 aliphatic rings. The summed E-state index contributed by atoms with van der Waals surface area (Å²) in [5, 5.41) is 10.2. The Morgan fingerprint density at radius 3 is 2.73 bits per heavy atom. The molecule has 12 nitrogen and oxygen atoms in total. The van der Waals surface area contributed by atoms with E-state index in [0.717, 1.165) is 43.8 Å². The molecule has 0 aliphatic carbocycles. The number of hydrogen-bond donors (Lipinski definition) is 2. The fourth-order valence-corrected chi connectivity index (χ4v) is 6.00. The third-order valence-electron chi connectivity index (χ3n) is 7.68. The number of hydrogen-bond acceptors (Lipinski definition) is 10. The normalized spacial score (nSPS) is 17.5. The molecule has 212 valence electrons. The summed E-state index contributed by atoms with van der Waals surface area (Å²) in [6, 6.07) is 4.70. The van der Waals surface area contributed by atoms with Gasteiger partial charge >= 0.3 is 5.97 Å². The van der Waals surface area contributed by atoms with Crippen molar-refractivity contribution in [1.82, 2.24) is 23.9 Å². The van der Waals surface area contributed by atoms with Crippen molar-refractivity contribution in [3.63, 3.8) is 0 Å². The first kappa shape index (κ1) is 27.0. The molecule has 6 rings (SSSR count). The molecular weight excluding hydrogens is 548 g/mol. The van der Waals surface area contributed by atoms with E-state index in [9.17, 15) is 24.3 Å². The molecule has 41 heavy (non-hydrogen) atoms. The summed E-state index contributed by atoms with van der Waals surface area (Å²) in [4.78, 5) is 63.2. The lowest BCUT2D eigenvalue weighted by Crippen LogP contribution is -2.51. The minimum atomic E-state index is -1.36. The molecule has 1 unspecified atom stereocenters. The van der Waals surface area contributed by atoms with Gasteiger partial charge in [-0.25, -0.2) is 9.78 Å². The first-order chi connectivity index (χ1) is 19.8. The molecular formula is C28H28N6O6S. The molecule has 2 saturated heterocycles. The van der Waals surface area contributed by atoms with E-state index in [4.69, 9.17) is 9.72 Å². The van der Waals surface area contributed by atoms with Crippen LogP contribution in [0.25, 0.3) is 27.6 Å². The van der Waals surface area contributed by atoms with Crippen LogP contribution in [0.4, 0.5) is 5.82 Å². The molecule has 0 amide bonds. The largest absolute Gasteiger partial charge is 0.477 e. The summed E-state index contributed by atoms with van der Waals surface area (Å²) in [6.45, 7) is 3.56. The summed E-state index contributed by atoms with van der Waals surface area (Å²) < 4.78 is 11.6. The van der Waals surface area contributed by atoms with Gasteiger partial charge < -0.3 is 19.7 Å². The minimum Gasteiger partial charge on any atom is -0.477 e. The van der Waals surface area contributed by atoms with Crippen LogP contribution in [0.15, 0.2) is 40.2 Å². The Labute approximate surface area is 237 Å². The van der Waals surface area contributed by atoms with E-state index in [1.165, 1.54) is 23.0 Å². The number of rotatable bonds is 8. The zero-order valence-corrected chi connectivity index (χ0v) is 23.1. The number of carbonyl (C=O) groups is 2. The number of aromatic carboxylic acids is 1. The molecule has 2 fully saturated rings. The summed E-state index contributed by atoms with van der Waals surface area (Å²) in [6.07, 6.45) is 7.38. The predicted octanol–water partition coefficient (Wildman–Crippen LogP) is 2.95. The van der Waals surface area contributed by atoms with Crippen molar-refractivity contribution in [3.05, 3.63) is 62.3 Å². The van der Waals surface area contributed by atoms with Gasteiger partial charge in [-0.1, -0.05) is 0 Å². The predicted molar refractivity (Wildman–Crippen MR) is 152 cm³/mol. The molecule has 13 heteroatoms. The number of aromatic nitrogens is 5. The second-order valence-corrected chi connectivity index (χ2v) is 11.2. The highest BCUT2D eigenvalue weighted by Gasteiger charge is 2.34. The molecule has 0 bridgehead atoms. The highest BCUT2D eigenvalue weighted by molar-refractivity contribution is 7.08. The van der Waals surface area contributed by atoms with Gasteiger partial charge in [0.15, 0.2) is 11.5 Å². The monoisotopic (exact) mass is 576 g/mol. The number of H-pyrrole nitrogens is 1. The molecule has 2 aliphatic heterocycles. The van der Waals surface area contributed by atoms with Crippen LogP contribution in [-0.2, 0) is 9.53 Å². The van der Waals surface area contributed by atoms with E-state index in [2.05, 4.69) is 14.3 Å². The number of fused-ring (bicyclic) bond motifs is 1. The van der Waals surface area contributed by atoms with Gasteiger partial charge in [0.25, 0.3) is 0 Å². The molecule has 4 aromatic rings. The van der Waals surface area contributed by atoms with Gasteiger partial charge in [-0.15, -0.1) is 0 Å². The van der Waals surface area contributed by atoms with E-state index in [1.807, 2.05) is 4.90 Å². The summed E-state index contributed by atoms with van der Waals surface area (Å²) >= 11 is 1.01. The third-order valence-corrected chi connectivity index (χ3v) is 8.40. The molecule has 2 N–H and O–H groups in total.